The van der Waals surface area contributed by atoms with Crippen LogP contribution in [0, 0.1) is 0 Å². The Labute approximate surface area is 121 Å². The standard InChI is InChI=1S/C17H23N3/c1-13(2)19-11-17-18-8-9-20(17)12-14-6-7-15-4-3-5-16(15)10-14/h6-10,13,19H,3-5,11-12H2,1-2H3. The van der Waals surface area contributed by atoms with E-state index in [-0.39, 0.29) is 0 Å². The van der Waals surface area contributed by atoms with Gasteiger partial charge in [-0.15, -0.1) is 0 Å². The first-order valence-electron chi connectivity index (χ1n) is 7.56. The van der Waals surface area contributed by atoms with Crippen molar-refractivity contribution in [2.24, 2.45) is 0 Å². The second kappa shape index (κ2) is 5.80. The highest BCUT2D eigenvalue weighted by Crippen LogP contribution is 2.23. The van der Waals surface area contributed by atoms with E-state index in [4.69, 9.17) is 0 Å². The normalized spacial score (nSPS) is 13.9. The lowest BCUT2D eigenvalue weighted by Crippen LogP contribution is -2.24. The molecule has 1 aliphatic rings. The SMILES string of the molecule is CC(C)NCc1nccn1Cc1ccc2c(c1)CCC2. The number of benzene rings is 1. The van der Waals surface area contributed by atoms with E-state index in [0.717, 1.165) is 18.9 Å². The maximum Gasteiger partial charge on any atom is 0.122 e. The van der Waals surface area contributed by atoms with Gasteiger partial charge in [0.2, 0.25) is 0 Å². The highest BCUT2D eigenvalue weighted by Gasteiger charge is 2.11. The zero-order valence-electron chi connectivity index (χ0n) is 12.4. The Hall–Kier alpha value is -1.61. The lowest BCUT2D eigenvalue weighted by atomic mass is 10.1. The van der Waals surface area contributed by atoms with Gasteiger partial charge in [0.1, 0.15) is 5.82 Å². The van der Waals surface area contributed by atoms with Gasteiger partial charge in [0.25, 0.3) is 0 Å². The summed E-state index contributed by atoms with van der Waals surface area (Å²) in [5.41, 5.74) is 4.47. The molecule has 0 radical (unpaired) electrons. The average molecular weight is 269 g/mol. The van der Waals surface area contributed by atoms with E-state index in [1.807, 2.05) is 6.20 Å². The summed E-state index contributed by atoms with van der Waals surface area (Å²) in [5.74, 6) is 1.11. The summed E-state index contributed by atoms with van der Waals surface area (Å²) >= 11 is 0. The number of nitrogens with zero attached hydrogens (tertiary/aromatic N) is 2. The molecule has 1 heterocycles. The minimum absolute atomic E-state index is 0.486. The summed E-state index contributed by atoms with van der Waals surface area (Å²) in [4.78, 5) is 4.46. The van der Waals surface area contributed by atoms with Gasteiger partial charge in [0.15, 0.2) is 0 Å². The third kappa shape index (κ3) is 2.93. The van der Waals surface area contributed by atoms with E-state index in [9.17, 15) is 0 Å². The third-order valence-corrected chi connectivity index (χ3v) is 3.99. The van der Waals surface area contributed by atoms with Crippen LogP contribution in [-0.4, -0.2) is 15.6 Å². The highest BCUT2D eigenvalue weighted by atomic mass is 15.1. The Bertz CT molecular complexity index is 584. The fourth-order valence-corrected chi connectivity index (χ4v) is 2.87. The smallest absolute Gasteiger partial charge is 0.122 e. The quantitative estimate of drug-likeness (QED) is 0.904. The van der Waals surface area contributed by atoms with Crippen molar-refractivity contribution >= 4 is 0 Å². The third-order valence-electron chi connectivity index (χ3n) is 3.99. The molecule has 0 aliphatic heterocycles. The van der Waals surface area contributed by atoms with Crippen LogP contribution in [-0.2, 0) is 25.9 Å². The summed E-state index contributed by atoms with van der Waals surface area (Å²) in [7, 11) is 0. The molecule has 3 rings (SSSR count). The van der Waals surface area contributed by atoms with Gasteiger partial charge in [0.05, 0.1) is 6.54 Å². The molecular weight excluding hydrogens is 246 g/mol. The topological polar surface area (TPSA) is 29.9 Å². The number of hydrogen-bond donors (Lipinski definition) is 1. The molecule has 0 spiro atoms. The summed E-state index contributed by atoms with van der Waals surface area (Å²) in [6.45, 7) is 6.07. The molecule has 20 heavy (non-hydrogen) atoms. The number of aromatic nitrogens is 2. The van der Waals surface area contributed by atoms with Crippen molar-refractivity contribution in [2.75, 3.05) is 0 Å². The highest BCUT2D eigenvalue weighted by molar-refractivity contribution is 5.35. The molecule has 0 saturated heterocycles. The Morgan fingerprint density at radius 3 is 2.95 bits per heavy atom. The summed E-state index contributed by atoms with van der Waals surface area (Å²) in [5, 5.41) is 3.43. The monoisotopic (exact) mass is 269 g/mol. The first kappa shape index (κ1) is 13.4. The maximum atomic E-state index is 4.46. The van der Waals surface area contributed by atoms with E-state index >= 15 is 0 Å². The minimum Gasteiger partial charge on any atom is -0.329 e. The number of aryl methyl sites for hydroxylation is 2. The first-order valence-corrected chi connectivity index (χ1v) is 7.56. The van der Waals surface area contributed by atoms with Crippen molar-refractivity contribution in [3.63, 3.8) is 0 Å². The largest absolute Gasteiger partial charge is 0.329 e. The van der Waals surface area contributed by atoms with Crippen LogP contribution in [0.25, 0.3) is 0 Å². The number of rotatable bonds is 5. The van der Waals surface area contributed by atoms with E-state index in [1.165, 1.54) is 24.8 Å². The van der Waals surface area contributed by atoms with Crippen LogP contribution in [0.3, 0.4) is 0 Å². The van der Waals surface area contributed by atoms with Gasteiger partial charge in [0, 0.05) is 25.0 Å². The van der Waals surface area contributed by atoms with Crippen molar-refractivity contribution in [3.05, 3.63) is 53.1 Å². The number of fused-ring (bicyclic) bond motifs is 1. The molecule has 106 valence electrons. The zero-order chi connectivity index (χ0) is 13.9. The first-order chi connectivity index (χ1) is 9.72. The molecular formula is C17H23N3. The molecule has 0 saturated carbocycles. The molecule has 0 amide bonds. The van der Waals surface area contributed by atoms with Crippen LogP contribution < -0.4 is 5.32 Å². The average Bonchev–Trinajstić information content (AvgIpc) is 3.04. The Balaban J connectivity index is 1.73. The Morgan fingerprint density at radius 2 is 2.10 bits per heavy atom. The van der Waals surface area contributed by atoms with Gasteiger partial charge in [-0.3, -0.25) is 0 Å². The second-order valence-corrected chi connectivity index (χ2v) is 5.96. The van der Waals surface area contributed by atoms with Crippen LogP contribution in [0.1, 0.15) is 42.8 Å². The van der Waals surface area contributed by atoms with Crippen molar-refractivity contribution in [3.8, 4) is 0 Å². The van der Waals surface area contributed by atoms with Crippen molar-refractivity contribution in [2.45, 2.75) is 52.2 Å². The van der Waals surface area contributed by atoms with E-state index in [1.54, 1.807) is 11.1 Å². The lowest BCUT2D eigenvalue weighted by molar-refractivity contribution is 0.554. The van der Waals surface area contributed by atoms with E-state index in [0.29, 0.717) is 6.04 Å². The molecule has 1 N–H and O–H groups in total. The summed E-state index contributed by atoms with van der Waals surface area (Å²) in [6.07, 6.45) is 7.78. The van der Waals surface area contributed by atoms with Crippen LogP contribution in [0.5, 0.6) is 0 Å². The zero-order valence-corrected chi connectivity index (χ0v) is 12.4. The van der Waals surface area contributed by atoms with Gasteiger partial charge in [-0.05, 0) is 36.0 Å². The van der Waals surface area contributed by atoms with Gasteiger partial charge >= 0.3 is 0 Å². The maximum absolute atomic E-state index is 4.46. The summed E-state index contributed by atoms with van der Waals surface area (Å²) in [6, 6.07) is 7.44. The predicted molar refractivity (Wildman–Crippen MR) is 81.8 cm³/mol. The molecule has 2 aromatic rings. The second-order valence-electron chi connectivity index (χ2n) is 5.96. The van der Waals surface area contributed by atoms with Gasteiger partial charge < -0.3 is 9.88 Å². The van der Waals surface area contributed by atoms with Crippen molar-refractivity contribution < 1.29 is 0 Å². The van der Waals surface area contributed by atoms with E-state index in [2.05, 4.69) is 53.1 Å². The molecule has 0 atom stereocenters. The van der Waals surface area contributed by atoms with Crippen LogP contribution in [0.15, 0.2) is 30.6 Å². The van der Waals surface area contributed by atoms with Crippen molar-refractivity contribution in [1.82, 2.24) is 14.9 Å². The van der Waals surface area contributed by atoms with Gasteiger partial charge in [-0.25, -0.2) is 4.98 Å². The molecule has 3 heteroatoms. The van der Waals surface area contributed by atoms with E-state index < -0.39 is 0 Å². The molecule has 0 fully saturated rings. The summed E-state index contributed by atoms with van der Waals surface area (Å²) < 4.78 is 2.24. The van der Waals surface area contributed by atoms with Gasteiger partial charge in [-0.2, -0.15) is 0 Å². The molecule has 1 aromatic carbocycles. The Kier molecular flexibility index (Phi) is 3.88. The lowest BCUT2D eigenvalue weighted by Gasteiger charge is -2.11. The molecule has 1 aliphatic carbocycles. The molecule has 3 nitrogen and oxygen atoms in total. The number of hydrogen-bond acceptors (Lipinski definition) is 2. The van der Waals surface area contributed by atoms with Crippen LogP contribution in [0.2, 0.25) is 0 Å². The Morgan fingerprint density at radius 1 is 1.25 bits per heavy atom. The molecule has 0 bridgehead atoms. The van der Waals surface area contributed by atoms with Gasteiger partial charge in [-0.1, -0.05) is 32.0 Å². The fraction of sp³-hybridized carbons (Fsp3) is 0.471. The molecule has 1 aromatic heterocycles. The van der Waals surface area contributed by atoms with Crippen LogP contribution in [0.4, 0.5) is 0 Å². The fourth-order valence-electron chi connectivity index (χ4n) is 2.87. The van der Waals surface area contributed by atoms with Crippen molar-refractivity contribution in [1.29, 1.82) is 0 Å². The number of imidazole rings is 1. The number of nitrogens with one attached hydrogen (secondary N) is 1. The minimum atomic E-state index is 0.486. The van der Waals surface area contributed by atoms with Crippen LogP contribution >= 0.6 is 0 Å². The predicted octanol–water partition coefficient (Wildman–Crippen LogP) is 2.92. The molecule has 0 unspecified atom stereocenters.